The summed E-state index contributed by atoms with van der Waals surface area (Å²) in [5.74, 6) is -0.377. The molecule has 0 radical (unpaired) electrons. The Hall–Kier alpha value is -2.02. The SMILES string of the molecule is CC(C)(CCN1CCCCC1)C(=O)NC1CC(c2cncc(F)c2)=NN1. The average Bonchev–Trinajstić information content (AvgIpc) is 3.09. The summed E-state index contributed by atoms with van der Waals surface area (Å²) in [6, 6.07) is 1.40. The normalized spacial score (nSPS) is 21.2. The van der Waals surface area contributed by atoms with E-state index in [1.165, 1.54) is 25.3 Å². The topological polar surface area (TPSA) is 69.6 Å². The molecule has 26 heavy (non-hydrogen) atoms. The Morgan fingerprint density at radius 1 is 1.35 bits per heavy atom. The third-order valence-corrected chi connectivity index (χ3v) is 5.21. The van der Waals surface area contributed by atoms with E-state index in [-0.39, 0.29) is 12.1 Å². The van der Waals surface area contributed by atoms with E-state index in [4.69, 9.17) is 0 Å². The predicted molar refractivity (Wildman–Crippen MR) is 99.1 cm³/mol. The van der Waals surface area contributed by atoms with Crippen LogP contribution >= 0.6 is 0 Å². The molecule has 2 aliphatic heterocycles. The Morgan fingerprint density at radius 3 is 2.85 bits per heavy atom. The van der Waals surface area contributed by atoms with Crippen molar-refractivity contribution in [3.05, 3.63) is 29.8 Å². The number of likely N-dealkylation sites (tertiary alicyclic amines) is 1. The monoisotopic (exact) mass is 361 g/mol. The van der Waals surface area contributed by atoms with Crippen LogP contribution in [0.2, 0.25) is 0 Å². The molecule has 0 bridgehead atoms. The number of halogens is 1. The molecule has 1 aromatic rings. The smallest absolute Gasteiger partial charge is 0.227 e. The maximum atomic E-state index is 13.3. The summed E-state index contributed by atoms with van der Waals surface area (Å²) in [5, 5.41) is 7.24. The van der Waals surface area contributed by atoms with Gasteiger partial charge in [0.1, 0.15) is 12.0 Å². The molecular weight excluding hydrogens is 333 g/mol. The number of pyridine rings is 1. The molecule has 1 saturated heterocycles. The van der Waals surface area contributed by atoms with Crippen LogP contribution in [0, 0.1) is 11.2 Å². The summed E-state index contributed by atoms with van der Waals surface area (Å²) in [4.78, 5) is 19.0. The van der Waals surface area contributed by atoms with Crippen LogP contribution in [0.5, 0.6) is 0 Å². The van der Waals surface area contributed by atoms with Gasteiger partial charge in [-0.05, 0) is 45.0 Å². The number of nitrogens with one attached hydrogen (secondary N) is 2. The molecule has 142 valence electrons. The highest BCUT2D eigenvalue weighted by molar-refractivity contribution is 6.01. The number of carbonyl (C=O) groups excluding carboxylic acids is 1. The first-order valence-corrected chi connectivity index (χ1v) is 9.40. The summed E-state index contributed by atoms with van der Waals surface area (Å²) in [6.07, 6.45) is 7.65. The summed E-state index contributed by atoms with van der Waals surface area (Å²) in [7, 11) is 0. The lowest BCUT2D eigenvalue weighted by atomic mass is 9.87. The predicted octanol–water partition coefficient (Wildman–Crippen LogP) is 2.26. The van der Waals surface area contributed by atoms with E-state index in [0.717, 1.165) is 32.3 Å². The van der Waals surface area contributed by atoms with Gasteiger partial charge in [-0.25, -0.2) is 4.39 Å². The minimum absolute atomic E-state index is 0.0147. The van der Waals surface area contributed by atoms with Crippen LogP contribution in [0.1, 0.15) is 51.5 Å². The van der Waals surface area contributed by atoms with Crippen LogP contribution in [0.3, 0.4) is 0 Å². The number of carbonyl (C=O) groups is 1. The summed E-state index contributed by atoms with van der Waals surface area (Å²) < 4.78 is 13.3. The van der Waals surface area contributed by atoms with Crippen LogP contribution in [0.25, 0.3) is 0 Å². The van der Waals surface area contributed by atoms with E-state index in [0.29, 0.717) is 17.7 Å². The zero-order valence-electron chi connectivity index (χ0n) is 15.6. The number of aromatic nitrogens is 1. The van der Waals surface area contributed by atoms with Crippen LogP contribution in [0.15, 0.2) is 23.6 Å². The van der Waals surface area contributed by atoms with Crippen LogP contribution in [-0.2, 0) is 4.79 Å². The van der Waals surface area contributed by atoms with Gasteiger partial charge in [0.05, 0.1) is 11.9 Å². The lowest BCUT2D eigenvalue weighted by Crippen LogP contribution is -2.48. The van der Waals surface area contributed by atoms with Crippen molar-refractivity contribution in [1.82, 2.24) is 20.6 Å². The van der Waals surface area contributed by atoms with E-state index in [2.05, 4.69) is 25.7 Å². The first-order chi connectivity index (χ1) is 12.4. The van der Waals surface area contributed by atoms with Gasteiger partial charge in [-0.15, -0.1) is 0 Å². The molecule has 1 unspecified atom stereocenters. The molecule has 0 spiro atoms. The van der Waals surface area contributed by atoms with Gasteiger partial charge < -0.3 is 10.2 Å². The van der Waals surface area contributed by atoms with Crippen molar-refractivity contribution in [3.63, 3.8) is 0 Å². The van der Waals surface area contributed by atoms with Gasteiger partial charge >= 0.3 is 0 Å². The van der Waals surface area contributed by atoms with Crippen LogP contribution in [-0.4, -0.2) is 47.3 Å². The summed E-state index contributed by atoms with van der Waals surface area (Å²) in [5.41, 5.74) is 3.83. The van der Waals surface area contributed by atoms with Gasteiger partial charge in [0.15, 0.2) is 0 Å². The van der Waals surface area contributed by atoms with E-state index >= 15 is 0 Å². The number of rotatable bonds is 6. The number of amides is 1. The Morgan fingerprint density at radius 2 is 2.12 bits per heavy atom. The standard InChI is InChI=1S/C19H28FN5O/c1-19(2,6-9-25-7-4-3-5-8-25)18(26)22-17-11-16(23-24-17)14-10-15(20)13-21-12-14/h10,12-13,17,24H,3-9,11H2,1-2H3,(H,22,26). The van der Waals surface area contributed by atoms with E-state index < -0.39 is 11.2 Å². The largest absolute Gasteiger partial charge is 0.334 e. The molecule has 2 N–H and O–H groups in total. The number of hydrazone groups is 1. The molecule has 0 aromatic carbocycles. The number of nitrogens with zero attached hydrogens (tertiary/aromatic N) is 3. The van der Waals surface area contributed by atoms with Gasteiger partial charge in [-0.2, -0.15) is 5.10 Å². The molecular formula is C19H28FN5O. The lowest BCUT2D eigenvalue weighted by Gasteiger charge is -2.31. The first kappa shape index (κ1) is 18.8. The fourth-order valence-electron chi connectivity index (χ4n) is 3.36. The molecule has 1 atom stereocenters. The molecule has 6 nitrogen and oxygen atoms in total. The van der Waals surface area contributed by atoms with Crippen molar-refractivity contribution < 1.29 is 9.18 Å². The molecule has 1 amide bonds. The van der Waals surface area contributed by atoms with Crippen LogP contribution < -0.4 is 10.7 Å². The maximum absolute atomic E-state index is 13.3. The Labute approximate surface area is 154 Å². The van der Waals surface area contributed by atoms with Gasteiger partial charge in [-0.3, -0.25) is 15.2 Å². The summed E-state index contributed by atoms with van der Waals surface area (Å²) >= 11 is 0. The quantitative estimate of drug-likeness (QED) is 0.815. The fourth-order valence-corrected chi connectivity index (χ4v) is 3.36. The third-order valence-electron chi connectivity index (χ3n) is 5.21. The van der Waals surface area contributed by atoms with Gasteiger partial charge in [0.25, 0.3) is 0 Å². The maximum Gasteiger partial charge on any atom is 0.227 e. The Bertz CT molecular complexity index is 670. The van der Waals surface area contributed by atoms with E-state index in [1.807, 2.05) is 13.8 Å². The van der Waals surface area contributed by atoms with Crippen molar-refractivity contribution in [2.45, 2.75) is 52.1 Å². The molecule has 0 aliphatic carbocycles. The Balaban J connectivity index is 1.48. The van der Waals surface area contributed by atoms with Crippen molar-refractivity contribution in [3.8, 4) is 0 Å². The number of hydrogen-bond acceptors (Lipinski definition) is 5. The zero-order chi connectivity index (χ0) is 18.6. The highest BCUT2D eigenvalue weighted by atomic mass is 19.1. The molecule has 7 heteroatoms. The lowest BCUT2D eigenvalue weighted by molar-refractivity contribution is -0.130. The second-order valence-electron chi connectivity index (χ2n) is 7.85. The highest BCUT2D eigenvalue weighted by Crippen LogP contribution is 2.23. The zero-order valence-corrected chi connectivity index (χ0v) is 15.6. The molecule has 0 saturated carbocycles. The summed E-state index contributed by atoms with van der Waals surface area (Å²) in [6.45, 7) is 7.20. The minimum Gasteiger partial charge on any atom is -0.334 e. The molecule has 1 fully saturated rings. The van der Waals surface area contributed by atoms with Crippen molar-refractivity contribution in [2.75, 3.05) is 19.6 Å². The number of hydrogen-bond donors (Lipinski definition) is 2. The molecule has 3 heterocycles. The fraction of sp³-hybridized carbons (Fsp3) is 0.632. The van der Waals surface area contributed by atoms with E-state index in [1.54, 1.807) is 6.20 Å². The molecule has 1 aromatic heterocycles. The van der Waals surface area contributed by atoms with Crippen molar-refractivity contribution in [2.24, 2.45) is 10.5 Å². The third kappa shape index (κ3) is 4.78. The second kappa shape index (κ2) is 8.12. The van der Waals surface area contributed by atoms with E-state index in [9.17, 15) is 9.18 Å². The minimum atomic E-state index is -0.442. The first-order valence-electron chi connectivity index (χ1n) is 9.40. The highest BCUT2D eigenvalue weighted by Gasteiger charge is 2.31. The number of piperidine rings is 1. The molecule has 3 rings (SSSR count). The van der Waals surface area contributed by atoms with Crippen LogP contribution in [0.4, 0.5) is 4.39 Å². The van der Waals surface area contributed by atoms with Gasteiger partial charge in [-0.1, -0.05) is 20.3 Å². The van der Waals surface area contributed by atoms with Crippen molar-refractivity contribution >= 4 is 11.6 Å². The van der Waals surface area contributed by atoms with Crippen molar-refractivity contribution in [1.29, 1.82) is 0 Å². The van der Waals surface area contributed by atoms with Gasteiger partial charge in [0.2, 0.25) is 5.91 Å². The average molecular weight is 361 g/mol. The second-order valence-corrected chi connectivity index (χ2v) is 7.85. The Kier molecular flexibility index (Phi) is 5.86. The van der Waals surface area contributed by atoms with Gasteiger partial charge in [0, 0.05) is 23.6 Å². The molecule has 2 aliphatic rings.